The minimum absolute atomic E-state index is 0. The highest BCUT2D eigenvalue weighted by atomic mass is 35.5. The van der Waals surface area contributed by atoms with Crippen molar-refractivity contribution in [3.8, 4) is 5.75 Å². The number of likely N-dealkylation sites (tertiary alicyclic amines) is 1. The first-order valence-electron chi connectivity index (χ1n) is 12.1. The van der Waals surface area contributed by atoms with Crippen molar-refractivity contribution >= 4 is 24.8 Å². The quantitative estimate of drug-likeness (QED) is 0.554. The van der Waals surface area contributed by atoms with Gasteiger partial charge in [0, 0.05) is 56.5 Å². The average molecular weight is 532 g/mol. The maximum atomic E-state index is 12.6. The van der Waals surface area contributed by atoms with E-state index >= 15 is 0 Å². The Hall–Kier alpha value is -2.58. The number of fused-ring (bicyclic) bond motifs is 5. The third kappa shape index (κ3) is 5.11. The monoisotopic (exact) mass is 531 g/mol. The molecule has 3 aliphatic heterocycles. The zero-order valence-corrected chi connectivity index (χ0v) is 21.6. The van der Waals surface area contributed by atoms with Crippen LogP contribution in [-0.2, 0) is 32.6 Å². The Labute approximate surface area is 222 Å². The van der Waals surface area contributed by atoms with Crippen LogP contribution in [0.5, 0.6) is 5.75 Å². The summed E-state index contributed by atoms with van der Waals surface area (Å²) >= 11 is 0. The number of aromatic nitrogens is 1. The van der Waals surface area contributed by atoms with Crippen molar-refractivity contribution in [1.82, 2.24) is 14.4 Å². The third-order valence-electron chi connectivity index (χ3n) is 7.56. The van der Waals surface area contributed by atoms with Crippen molar-refractivity contribution < 1.29 is 9.52 Å². The van der Waals surface area contributed by atoms with Crippen LogP contribution in [0.4, 0.5) is 0 Å². The Bertz CT molecular complexity index is 1360. The maximum Gasteiger partial charge on any atom is 0.250 e. The summed E-state index contributed by atoms with van der Waals surface area (Å²) in [5.41, 5.74) is 3.44. The van der Waals surface area contributed by atoms with E-state index in [4.69, 9.17) is 4.42 Å². The molecule has 192 valence electrons. The summed E-state index contributed by atoms with van der Waals surface area (Å²) in [6.45, 7) is 4.99. The fourth-order valence-electron chi connectivity index (χ4n) is 6.01. The molecule has 1 saturated heterocycles. The van der Waals surface area contributed by atoms with Crippen molar-refractivity contribution in [2.75, 3.05) is 19.6 Å². The summed E-state index contributed by atoms with van der Waals surface area (Å²) in [7, 11) is 0. The lowest BCUT2D eigenvalue weighted by Gasteiger charge is -2.42. The van der Waals surface area contributed by atoms with Gasteiger partial charge in [0.1, 0.15) is 5.76 Å². The molecule has 0 unspecified atom stereocenters. The summed E-state index contributed by atoms with van der Waals surface area (Å²) in [5.74, 6) is 1.35. The molecule has 2 aromatic heterocycles. The molecule has 6 rings (SSSR count). The van der Waals surface area contributed by atoms with Crippen molar-refractivity contribution in [1.29, 1.82) is 0 Å². The Morgan fingerprint density at radius 2 is 1.72 bits per heavy atom. The van der Waals surface area contributed by atoms with Gasteiger partial charge < -0.3 is 14.1 Å². The van der Waals surface area contributed by atoms with Crippen LogP contribution >= 0.6 is 24.8 Å². The van der Waals surface area contributed by atoms with Crippen LogP contribution in [0.25, 0.3) is 0 Å². The molecule has 0 saturated carbocycles. The van der Waals surface area contributed by atoms with Crippen molar-refractivity contribution in [3.63, 3.8) is 0 Å². The van der Waals surface area contributed by atoms with E-state index in [1.165, 1.54) is 17.2 Å². The SMILES string of the molecule is Cl.Cl.O=c1cc(CN2C[C@H]3C[C@@H](C2)c2cccc(=O)n2C3)oc(CN2CCc3ccccc3C2)c1O. The zero-order valence-electron chi connectivity index (χ0n) is 20.0. The zero-order chi connectivity index (χ0) is 23.2. The molecule has 2 bridgehead atoms. The van der Waals surface area contributed by atoms with Crippen LogP contribution in [0.1, 0.15) is 40.7 Å². The predicted octanol–water partition coefficient (Wildman–Crippen LogP) is 3.53. The van der Waals surface area contributed by atoms with E-state index in [1.807, 2.05) is 16.7 Å². The second kappa shape index (κ2) is 10.8. The maximum absolute atomic E-state index is 12.6. The molecule has 2 atom stereocenters. The molecule has 1 fully saturated rings. The summed E-state index contributed by atoms with van der Waals surface area (Å²) in [5, 5.41) is 10.4. The second-order valence-electron chi connectivity index (χ2n) is 9.97. The summed E-state index contributed by atoms with van der Waals surface area (Å²) in [6.07, 6.45) is 2.03. The minimum Gasteiger partial charge on any atom is -0.502 e. The van der Waals surface area contributed by atoms with Gasteiger partial charge in [-0.25, -0.2) is 0 Å². The van der Waals surface area contributed by atoms with Crippen LogP contribution < -0.4 is 11.0 Å². The van der Waals surface area contributed by atoms with Gasteiger partial charge in [0.15, 0.2) is 5.76 Å². The van der Waals surface area contributed by atoms with Crippen LogP contribution in [0.15, 0.2) is 62.5 Å². The lowest BCUT2D eigenvalue weighted by atomic mass is 9.83. The molecule has 1 N–H and O–H groups in total. The molecule has 5 heterocycles. The topological polar surface area (TPSA) is 78.9 Å². The fourth-order valence-corrected chi connectivity index (χ4v) is 6.01. The van der Waals surface area contributed by atoms with Gasteiger partial charge in [-0.2, -0.15) is 0 Å². The molecule has 3 aromatic rings. The molecular formula is C27H31Cl2N3O4. The van der Waals surface area contributed by atoms with Gasteiger partial charge in [-0.15, -0.1) is 24.8 Å². The Morgan fingerprint density at radius 3 is 2.56 bits per heavy atom. The highest BCUT2D eigenvalue weighted by Gasteiger charge is 2.34. The molecule has 36 heavy (non-hydrogen) atoms. The van der Waals surface area contributed by atoms with Gasteiger partial charge in [0.05, 0.1) is 13.1 Å². The largest absolute Gasteiger partial charge is 0.502 e. The molecule has 1 aromatic carbocycles. The van der Waals surface area contributed by atoms with Gasteiger partial charge in [-0.3, -0.25) is 19.4 Å². The van der Waals surface area contributed by atoms with E-state index in [-0.39, 0.29) is 41.6 Å². The van der Waals surface area contributed by atoms with E-state index in [0.29, 0.717) is 36.4 Å². The van der Waals surface area contributed by atoms with Gasteiger partial charge in [-0.05, 0) is 36.0 Å². The van der Waals surface area contributed by atoms with Gasteiger partial charge in [0.25, 0.3) is 5.56 Å². The van der Waals surface area contributed by atoms with Crippen molar-refractivity contribution in [2.24, 2.45) is 5.92 Å². The predicted molar refractivity (Wildman–Crippen MR) is 142 cm³/mol. The molecular weight excluding hydrogens is 501 g/mol. The van der Waals surface area contributed by atoms with Gasteiger partial charge in [0.2, 0.25) is 11.2 Å². The number of nitrogens with zero attached hydrogens (tertiary/aromatic N) is 3. The molecule has 0 amide bonds. The van der Waals surface area contributed by atoms with Gasteiger partial charge >= 0.3 is 0 Å². The molecule has 0 radical (unpaired) electrons. The lowest BCUT2D eigenvalue weighted by Crippen LogP contribution is -2.46. The van der Waals surface area contributed by atoms with Gasteiger partial charge in [-0.1, -0.05) is 30.3 Å². The van der Waals surface area contributed by atoms with Crippen LogP contribution in [0.3, 0.4) is 0 Å². The van der Waals surface area contributed by atoms with Crippen molar-refractivity contribution in [2.45, 2.75) is 44.9 Å². The molecule has 3 aliphatic rings. The van der Waals surface area contributed by atoms with E-state index in [1.54, 1.807) is 6.07 Å². The first-order chi connectivity index (χ1) is 16.5. The smallest absolute Gasteiger partial charge is 0.250 e. The van der Waals surface area contributed by atoms with Crippen molar-refractivity contribution in [3.05, 3.63) is 97.4 Å². The molecule has 0 spiro atoms. The highest BCUT2D eigenvalue weighted by molar-refractivity contribution is 5.85. The lowest BCUT2D eigenvalue weighted by molar-refractivity contribution is 0.105. The summed E-state index contributed by atoms with van der Waals surface area (Å²) < 4.78 is 8.03. The number of hydrogen-bond donors (Lipinski definition) is 1. The first-order valence-corrected chi connectivity index (χ1v) is 12.1. The van der Waals surface area contributed by atoms with E-state index < -0.39 is 0 Å². The van der Waals surface area contributed by atoms with Crippen LogP contribution in [0, 0.1) is 5.92 Å². The van der Waals surface area contributed by atoms with Crippen LogP contribution in [-0.4, -0.2) is 39.1 Å². The number of hydrogen-bond acceptors (Lipinski definition) is 6. The fraction of sp³-hybridized carbons (Fsp3) is 0.407. The number of benzene rings is 1. The standard InChI is InChI=1S/C27H29N3O4.2ClH/c31-24-11-22(16-29-12-18-10-21(15-29)23-6-3-7-26(32)30(23)13-18)34-25(27(24)33)17-28-9-8-19-4-1-2-5-20(19)14-28;;/h1-7,11,18,21,33H,8-10,12-17H2;2*1H/t18-,21+;;/m1../s1. The number of piperidine rings is 1. The molecule has 9 heteroatoms. The Balaban J connectivity index is 0.00000152. The second-order valence-corrected chi connectivity index (χ2v) is 9.97. The molecule has 0 aliphatic carbocycles. The van der Waals surface area contributed by atoms with E-state index in [9.17, 15) is 14.7 Å². The Kier molecular flexibility index (Phi) is 7.95. The molecule has 7 nitrogen and oxygen atoms in total. The van der Waals surface area contributed by atoms with Crippen LogP contribution in [0.2, 0.25) is 0 Å². The third-order valence-corrected chi connectivity index (χ3v) is 7.56. The highest BCUT2D eigenvalue weighted by Crippen LogP contribution is 2.35. The Morgan fingerprint density at radius 1 is 0.917 bits per heavy atom. The summed E-state index contributed by atoms with van der Waals surface area (Å²) in [4.78, 5) is 29.4. The number of rotatable bonds is 4. The minimum atomic E-state index is -0.386. The van der Waals surface area contributed by atoms with E-state index in [0.717, 1.165) is 51.3 Å². The first kappa shape index (κ1) is 26.5. The normalized spacial score (nSPS) is 21.0. The van der Waals surface area contributed by atoms with E-state index in [2.05, 4.69) is 34.1 Å². The average Bonchev–Trinajstić information content (AvgIpc) is 2.83. The summed E-state index contributed by atoms with van der Waals surface area (Å²) in [6, 6.07) is 15.4. The number of halogens is 2. The number of pyridine rings is 1. The number of aromatic hydroxyl groups is 1.